The highest BCUT2D eigenvalue weighted by Crippen LogP contribution is 2.16. The quantitative estimate of drug-likeness (QED) is 0.447. The minimum absolute atomic E-state index is 0.0834. The van der Waals surface area contributed by atoms with Gasteiger partial charge in [0.05, 0.1) is 17.2 Å². The summed E-state index contributed by atoms with van der Waals surface area (Å²) in [5.41, 5.74) is 0.644. The number of rotatable bonds is 7. The minimum Gasteiger partial charge on any atom is -0.219 e. The lowest BCUT2D eigenvalue weighted by Gasteiger charge is -2.16. The Morgan fingerprint density at radius 3 is 2.56 bits per heavy atom. The van der Waals surface area contributed by atoms with E-state index in [1.807, 2.05) is 0 Å². The number of hydrogen-bond acceptors (Lipinski definition) is 2. The topological polar surface area (TPSA) is 24.7 Å². The fraction of sp³-hybridized carbons (Fsp3) is 0.500. The van der Waals surface area contributed by atoms with Crippen LogP contribution in [0.4, 0.5) is 0 Å². The molecule has 0 spiro atoms. The van der Waals surface area contributed by atoms with Crippen molar-refractivity contribution in [3.8, 4) is 0 Å². The summed E-state index contributed by atoms with van der Waals surface area (Å²) in [7, 11) is 0. The second kappa shape index (κ2) is 7.84. The standard InChI is InChI=1S/C14H22N2/c1-6-9-11-14(4,5)16-12-15-13(8-3)10-7-2/h7-8,10H,2-3,6,9,11H2,1,4-5H3/b13-10+. The lowest BCUT2D eigenvalue weighted by molar-refractivity contribution is 0.461. The van der Waals surface area contributed by atoms with Crippen LogP contribution in [0.3, 0.4) is 0 Å². The molecule has 0 aromatic heterocycles. The molecule has 0 fully saturated rings. The number of aliphatic imine (C=N–C) groups is 2. The lowest BCUT2D eigenvalue weighted by atomic mass is 9.99. The molecule has 0 heterocycles. The first-order valence-corrected chi connectivity index (χ1v) is 5.68. The van der Waals surface area contributed by atoms with Crippen molar-refractivity contribution >= 4 is 6.01 Å². The van der Waals surface area contributed by atoms with Crippen LogP contribution >= 0.6 is 0 Å². The van der Waals surface area contributed by atoms with E-state index in [9.17, 15) is 0 Å². The highest BCUT2D eigenvalue weighted by molar-refractivity contribution is 5.46. The van der Waals surface area contributed by atoms with Crippen molar-refractivity contribution in [2.45, 2.75) is 45.6 Å². The summed E-state index contributed by atoms with van der Waals surface area (Å²) in [4.78, 5) is 8.40. The third-order valence-electron chi connectivity index (χ3n) is 2.17. The summed E-state index contributed by atoms with van der Waals surface area (Å²) in [6.07, 6.45) is 8.52. The largest absolute Gasteiger partial charge is 0.219 e. The van der Waals surface area contributed by atoms with Crippen molar-refractivity contribution in [3.63, 3.8) is 0 Å². The molecule has 2 heteroatoms. The predicted octanol–water partition coefficient (Wildman–Crippen LogP) is 4.39. The van der Waals surface area contributed by atoms with Crippen LogP contribution < -0.4 is 0 Å². The van der Waals surface area contributed by atoms with Gasteiger partial charge < -0.3 is 0 Å². The number of nitrogens with zero attached hydrogens (tertiary/aromatic N) is 2. The minimum atomic E-state index is -0.0834. The third-order valence-corrected chi connectivity index (χ3v) is 2.17. The molecule has 0 N–H and O–H groups in total. The van der Waals surface area contributed by atoms with E-state index in [4.69, 9.17) is 0 Å². The van der Waals surface area contributed by atoms with Crippen molar-refractivity contribution in [2.24, 2.45) is 9.98 Å². The Balaban J connectivity index is 4.55. The monoisotopic (exact) mass is 218 g/mol. The summed E-state index contributed by atoms with van der Waals surface area (Å²) in [6.45, 7) is 13.6. The van der Waals surface area contributed by atoms with Gasteiger partial charge in [-0.15, -0.1) is 0 Å². The first-order chi connectivity index (χ1) is 7.55. The Bertz CT molecular complexity index is 316. The smallest absolute Gasteiger partial charge is 0.0954 e. The normalized spacial score (nSPS) is 11.6. The van der Waals surface area contributed by atoms with Gasteiger partial charge in [-0.25, -0.2) is 4.99 Å². The summed E-state index contributed by atoms with van der Waals surface area (Å²) in [5.74, 6) is 0. The van der Waals surface area contributed by atoms with Crippen LogP contribution in [0.15, 0.2) is 47.1 Å². The molecule has 88 valence electrons. The number of allylic oxidation sites excluding steroid dienone is 3. The van der Waals surface area contributed by atoms with Crippen LogP contribution in [0.2, 0.25) is 0 Å². The first-order valence-electron chi connectivity index (χ1n) is 5.68. The first kappa shape index (κ1) is 14.6. The lowest BCUT2D eigenvalue weighted by Crippen LogP contribution is -2.15. The number of hydrogen-bond donors (Lipinski definition) is 0. The zero-order valence-electron chi connectivity index (χ0n) is 10.7. The molecule has 2 nitrogen and oxygen atoms in total. The molecule has 0 radical (unpaired) electrons. The summed E-state index contributed by atoms with van der Waals surface area (Å²) < 4.78 is 0. The fourth-order valence-corrected chi connectivity index (χ4v) is 1.16. The van der Waals surface area contributed by atoms with Crippen molar-refractivity contribution in [2.75, 3.05) is 0 Å². The molecule has 0 saturated heterocycles. The van der Waals surface area contributed by atoms with Crippen LogP contribution in [0, 0.1) is 0 Å². The third kappa shape index (κ3) is 6.97. The van der Waals surface area contributed by atoms with Gasteiger partial charge in [0.25, 0.3) is 0 Å². The number of unbranched alkanes of at least 4 members (excludes halogenated alkanes) is 1. The Labute approximate surface area is 99.2 Å². The van der Waals surface area contributed by atoms with Gasteiger partial charge in [0.1, 0.15) is 0 Å². The van der Waals surface area contributed by atoms with Crippen LogP contribution in [0.5, 0.6) is 0 Å². The van der Waals surface area contributed by atoms with E-state index in [0.29, 0.717) is 0 Å². The molecular formula is C14H22N2. The summed E-state index contributed by atoms with van der Waals surface area (Å²) in [5, 5.41) is 0. The van der Waals surface area contributed by atoms with E-state index in [2.05, 4.69) is 49.9 Å². The van der Waals surface area contributed by atoms with Gasteiger partial charge in [-0.2, -0.15) is 4.99 Å². The fourth-order valence-electron chi connectivity index (χ4n) is 1.16. The molecule has 0 aromatic carbocycles. The second-order valence-electron chi connectivity index (χ2n) is 4.27. The predicted molar refractivity (Wildman–Crippen MR) is 71.9 cm³/mol. The van der Waals surface area contributed by atoms with E-state index in [-0.39, 0.29) is 5.54 Å². The van der Waals surface area contributed by atoms with Crippen molar-refractivity contribution in [1.29, 1.82) is 0 Å². The Hall–Kier alpha value is -1.40. The average molecular weight is 218 g/mol. The SMILES string of the molecule is C=C/C=C(\C=C)N=C=NC(C)(C)CCCC. The molecule has 0 aromatic rings. The van der Waals surface area contributed by atoms with Gasteiger partial charge in [-0.1, -0.05) is 39.0 Å². The Morgan fingerprint density at radius 2 is 2.06 bits per heavy atom. The van der Waals surface area contributed by atoms with Gasteiger partial charge in [0.15, 0.2) is 0 Å². The van der Waals surface area contributed by atoms with Crippen LogP contribution in [0.25, 0.3) is 0 Å². The zero-order chi connectivity index (χ0) is 12.4. The second-order valence-corrected chi connectivity index (χ2v) is 4.27. The van der Waals surface area contributed by atoms with Crippen LogP contribution in [-0.4, -0.2) is 11.5 Å². The maximum absolute atomic E-state index is 4.32. The summed E-state index contributed by atoms with van der Waals surface area (Å²) in [6, 6.07) is 2.73. The van der Waals surface area contributed by atoms with Crippen LogP contribution in [-0.2, 0) is 0 Å². The zero-order valence-corrected chi connectivity index (χ0v) is 10.7. The highest BCUT2D eigenvalue weighted by Gasteiger charge is 2.13. The highest BCUT2D eigenvalue weighted by atomic mass is 14.9. The van der Waals surface area contributed by atoms with Crippen LogP contribution in [0.1, 0.15) is 40.0 Å². The molecule has 0 aliphatic heterocycles. The van der Waals surface area contributed by atoms with Crippen molar-refractivity contribution < 1.29 is 0 Å². The van der Waals surface area contributed by atoms with Gasteiger partial charge >= 0.3 is 0 Å². The molecule has 0 saturated carbocycles. The molecule has 0 rings (SSSR count). The van der Waals surface area contributed by atoms with Gasteiger partial charge in [0.2, 0.25) is 0 Å². The Morgan fingerprint density at radius 1 is 1.38 bits per heavy atom. The molecule has 0 amide bonds. The van der Waals surface area contributed by atoms with E-state index in [0.717, 1.165) is 12.1 Å². The van der Waals surface area contributed by atoms with Crippen molar-refractivity contribution in [3.05, 3.63) is 37.1 Å². The van der Waals surface area contributed by atoms with E-state index in [1.54, 1.807) is 18.2 Å². The maximum atomic E-state index is 4.32. The Kier molecular flexibility index (Phi) is 7.15. The molecular weight excluding hydrogens is 196 g/mol. The van der Waals surface area contributed by atoms with E-state index < -0.39 is 0 Å². The molecule has 16 heavy (non-hydrogen) atoms. The molecule has 0 unspecified atom stereocenters. The van der Waals surface area contributed by atoms with Gasteiger partial charge in [0, 0.05) is 0 Å². The molecule has 0 bridgehead atoms. The van der Waals surface area contributed by atoms with Gasteiger partial charge in [-0.05, 0) is 32.4 Å². The average Bonchev–Trinajstić information content (AvgIpc) is 2.25. The summed E-state index contributed by atoms with van der Waals surface area (Å²) >= 11 is 0. The van der Waals surface area contributed by atoms with E-state index >= 15 is 0 Å². The molecule has 0 aliphatic rings. The van der Waals surface area contributed by atoms with Gasteiger partial charge in [-0.3, -0.25) is 0 Å². The molecule has 0 atom stereocenters. The van der Waals surface area contributed by atoms with E-state index in [1.165, 1.54) is 12.8 Å². The molecule has 0 aliphatic carbocycles. The maximum Gasteiger partial charge on any atom is 0.0954 e. The van der Waals surface area contributed by atoms with Crippen molar-refractivity contribution in [1.82, 2.24) is 0 Å².